The minimum Gasteiger partial charge on any atom is -0.493 e. The van der Waals surface area contributed by atoms with Crippen molar-refractivity contribution in [2.45, 2.75) is 25.6 Å². The third kappa shape index (κ3) is 4.58. The number of rotatable bonds is 6. The Kier molecular flexibility index (Phi) is 6.52. The summed E-state index contributed by atoms with van der Waals surface area (Å²) in [5, 5.41) is 13.5. The highest BCUT2D eigenvalue weighted by atomic mass is 35.5. The molecule has 9 nitrogen and oxygen atoms in total. The van der Waals surface area contributed by atoms with Crippen molar-refractivity contribution in [2.75, 3.05) is 26.5 Å². The number of ether oxygens (including phenoxy) is 1. The summed E-state index contributed by atoms with van der Waals surface area (Å²) in [5.41, 5.74) is 4.20. The standard InChI is InChI=1S/C23H25N3O6S.ClH/c1-31-20-9-16(21-17(10-24-23(21)28)22(20)32-33(2,29)30)19-8-14-7-13(3-4-18(14)25-19)11-26-6-5-15(27)12-26;/h3-4,7-9,15,25,27H,5-6,10-12H2,1-2H3,(H,24,28);1H. The molecule has 1 fully saturated rings. The fraction of sp³-hybridized carbons (Fsp3) is 0.348. The lowest BCUT2D eigenvalue weighted by atomic mass is 9.98. The molecule has 182 valence electrons. The topological polar surface area (TPSA) is 121 Å². The van der Waals surface area contributed by atoms with E-state index < -0.39 is 10.1 Å². The number of aliphatic hydroxyl groups excluding tert-OH is 1. The quantitative estimate of drug-likeness (QED) is 0.438. The molecule has 1 saturated heterocycles. The van der Waals surface area contributed by atoms with Gasteiger partial charge in [0, 0.05) is 53.9 Å². The first-order valence-electron chi connectivity index (χ1n) is 10.7. The Labute approximate surface area is 203 Å². The molecule has 2 aliphatic rings. The first-order valence-corrected chi connectivity index (χ1v) is 12.5. The molecule has 0 bridgehead atoms. The number of nitrogens with zero attached hydrogens (tertiary/aromatic N) is 1. The summed E-state index contributed by atoms with van der Waals surface area (Å²) in [6.45, 7) is 2.46. The molecule has 5 rings (SSSR count). The van der Waals surface area contributed by atoms with Crippen LogP contribution in [0.2, 0.25) is 0 Å². The van der Waals surface area contributed by atoms with E-state index in [1.807, 2.05) is 18.2 Å². The highest BCUT2D eigenvalue weighted by Gasteiger charge is 2.32. The van der Waals surface area contributed by atoms with Crippen LogP contribution >= 0.6 is 12.4 Å². The number of nitrogens with one attached hydrogen (secondary N) is 2. The van der Waals surface area contributed by atoms with Crippen LogP contribution in [0.1, 0.15) is 27.9 Å². The number of aromatic amines is 1. The summed E-state index contributed by atoms with van der Waals surface area (Å²) >= 11 is 0. The first kappa shape index (κ1) is 24.3. The molecule has 0 spiro atoms. The van der Waals surface area contributed by atoms with Gasteiger partial charge in [-0.1, -0.05) is 6.07 Å². The Morgan fingerprint density at radius 3 is 2.71 bits per heavy atom. The summed E-state index contributed by atoms with van der Waals surface area (Å²) in [6, 6.07) is 9.74. The molecule has 1 amide bonds. The molecule has 1 aromatic heterocycles. The van der Waals surface area contributed by atoms with Crippen LogP contribution in [0, 0.1) is 0 Å². The normalized spacial score (nSPS) is 18.0. The molecule has 0 saturated carbocycles. The number of hydrogen-bond acceptors (Lipinski definition) is 7. The molecular formula is C23H26ClN3O6S. The minimum atomic E-state index is -3.81. The lowest BCUT2D eigenvalue weighted by Crippen LogP contribution is -2.21. The number of methoxy groups -OCH3 is 1. The fourth-order valence-corrected chi connectivity index (χ4v) is 5.11. The molecule has 3 heterocycles. The van der Waals surface area contributed by atoms with Crippen LogP contribution in [0.4, 0.5) is 0 Å². The minimum absolute atomic E-state index is 0. The molecule has 34 heavy (non-hydrogen) atoms. The van der Waals surface area contributed by atoms with Gasteiger partial charge < -0.3 is 24.3 Å². The highest BCUT2D eigenvalue weighted by Crippen LogP contribution is 2.43. The van der Waals surface area contributed by atoms with Crippen molar-refractivity contribution in [3.05, 3.63) is 47.0 Å². The van der Waals surface area contributed by atoms with Crippen LogP contribution in [-0.2, 0) is 23.2 Å². The molecule has 1 unspecified atom stereocenters. The zero-order valence-corrected chi connectivity index (χ0v) is 20.4. The lowest BCUT2D eigenvalue weighted by Gasteiger charge is -2.15. The molecular weight excluding hydrogens is 482 g/mol. The summed E-state index contributed by atoms with van der Waals surface area (Å²) in [7, 11) is -2.38. The van der Waals surface area contributed by atoms with Crippen LogP contribution in [0.3, 0.4) is 0 Å². The monoisotopic (exact) mass is 507 g/mol. The fourth-order valence-electron chi connectivity index (χ4n) is 4.63. The van der Waals surface area contributed by atoms with Crippen LogP contribution in [-0.4, -0.2) is 61.9 Å². The van der Waals surface area contributed by atoms with Gasteiger partial charge in [0.2, 0.25) is 0 Å². The van der Waals surface area contributed by atoms with Crippen molar-refractivity contribution >= 4 is 39.3 Å². The maximum absolute atomic E-state index is 12.7. The van der Waals surface area contributed by atoms with Gasteiger partial charge in [0.1, 0.15) is 0 Å². The van der Waals surface area contributed by atoms with Gasteiger partial charge in [-0.3, -0.25) is 9.69 Å². The van der Waals surface area contributed by atoms with Crippen LogP contribution in [0.25, 0.3) is 22.2 Å². The first-order chi connectivity index (χ1) is 15.7. The molecule has 1 atom stereocenters. The number of halogens is 1. The van der Waals surface area contributed by atoms with E-state index in [2.05, 4.69) is 21.3 Å². The average molecular weight is 508 g/mol. The number of fused-ring (bicyclic) bond motifs is 2. The molecule has 11 heteroatoms. The summed E-state index contributed by atoms with van der Waals surface area (Å²) in [4.78, 5) is 18.3. The largest absolute Gasteiger partial charge is 0.493 e. The van der Waals surface area contributed by atoms with E-state index in [1.54, 1.807) is 6.07 Å². The van der Waals surface area contributed by atoms with E-state index in [0.29, 0.717) is 23.2 Å². The van der Waals surface area contributed by atoms with Gasteiger partial charge in [-0.2, -0.15) is 8.42 Å². The van der Waals surface area contributed by atoms with Crippen molar-refractivity contribution in [2.24, 2.45) is 0 Å². The predicted molar refractivity (Wildman–Crippen MR) is 130 cm³/mol. The molecule has 2 aliphatic heterocycles. The maximum atomic E-state index is 12.7. The number of β-amino-alcohol motifs (C(OH)–C–C–N with tert-alkyl or cyclic N) is 1. The van der Waals surface area contributed by atoms with Crippen molar-refractivity contribution in [1.29, 1.82) is 0 Å². The number of aromatic nitrogens is 1. The molecule has 0 radical (unpaired) electrons. The van der Waals surface area contributed by atoms with Gasteiger partial charge in [0.05, 0.1) is 25.0 Å². The second kappa shape index (κ2) is 9.10. The average Bonchev–Trinajstić information content (AvgIpc) is 3.46. The van der Waals surface area contributed by atoms with E-state index in [9.17, 15) is 18.3 Å². The molecule has 0 aliphatic carbocycles. The van der Waals surface area contributed by atoms with Gasteiger partial charge in [-0.15, -0.1) is 12.4 Å². The van der Waals surface area contributed by atoms with E-state index in [4.69, 9.17) is 8.92 Å². The Balaban J connectivity index is 0.00000274. The molecule has 2 aromatic carbocycles. The predicted octanol–water partition coefficient (Wildman–Crippen LogP) is 2.41. The Hall–Kier alpha value is -2.79. The Morgan fingerprint density at radius 2 is 2.03 bits per heavy atom. The second-order valence-electron chi connectivity index (χ2n) is 8.56. The van der Waals surface area contributed by atoms with E-state index >= 15 is 0 Å². The Bertz CT molecular complexity index is 1370. The molecule has 3 aromatic rings. The van der Waals surface area contributed by atoms with Gasteiger partial charge in [-0.05, 0) is 36.2 Å². The summed E-state index contributed by atoms with van der Waals surface area (Å²) in [6.07, 6.45) is 1.49. The SMILES string of the molecule is COc1cc(-c2cc3cc(CN4CCC(O)C4)ccc3[nH]2)c2c(c1OS(C)(=O)=O)CNC2=O.Cl. The number of H-pyrrole nitrogens is 1. The van der Waals surface area contributed by atoms with Crippen molar-refractivity contribution in [3.8, 4) is 22.8 Å². The summed E-state index contributed by atoms with van der Waals surface area (Å²) < 4.78 is 34.2. The zero-order chi connectivity index (χ0) is 23.3. The number of likely N-dealkylation sites (tertiary alicyclic amines) is 1. The highest BCUT2D eigenvalue weighted by molar-refractivity contribution is 7.86. The van der Waals surface area contributed by atoms with Crippen molar-refractivity contribution in [1.82, 2.24) is 15.2 Å². The van der Waals surface area contributed by atoms with Crippen molar-refractivity contribution < 1.29 is 27.2 Å². The van der Waals surface area contributed by atoms with Gasteiger partial charge in [-0.25, -0.2) is 0 Å². The lowest BCUT2D eigenvalue weighted by molar-refractivity contribution is 0.0966. The van der Waals surface area contributed by atoms with Gasteiger partial charge in [0.15, 0.2) is 11.5 Å². The van der Waals surface area contributed by atoms with E-state index in [0.717, 1.165) is 47.9 Å². The third-order valence-electron chi connectivity index (χ3n) is 6.08. The van der Waals surface area contributed by atoms with Crippen molar-refractivity contribution in [3.63, 3.8) is 0 Å². The van der Waals surface area contributed by atoms with Crippen LogP contribution in [0.15, 0.2) is 30.3 Å². The second-order valence-corrected chi connectivity index (χ2v) is 10.1. The third-order valence-corrected chi connectivity index (χ3v) is 6.55. The number of carbonyl (C=O) groups excluding carboxylic acids is 1. The van der Waals surface area contributed by atoms with Gasteiger partial charge in [0.25, 0.3) is 5.91 Å². The van der Waals surface area contributed by atoms with Crippen LogP contribution < -0.4 is 14.2 Å². The number of carbonyl (C=O) groups is 1. The number of amides is 1. The Morgan fingerprint density at radius 1 is 1.24 bits per heavy atom. The van der Waals surface area contributed by atoms with E-state index in [-0.39, 0.29) is 42.5 Å². The van der Waals surface area contributed by atoms with Gasteiger partial charge >= 0.3 is 10.1 Å². The number of aliphatic hydroxyl groups is 1. The molecule has 3 N–H and O–H groups in total. The maximum Gasteiger partial charge on any atom is 0.306 e. The zero-order valence-electron chi connectivity index (χ0n) is 18.8. The van der Waals surface area contributed by atoms with Crippen LogP contribution in [0.5, 0.6) is 11.5 Å². The number of hydrogen-bond donors (Lipinski definition) is 3. The number of benzene rings is 2. The smallest absolute Gasteiger partial charge is 0.306 e. The van der Waals surface area contributed by atoms with E-state index in [1.165, 1.54) is 7.11 Å². The summed E-state index contributed by atoms with van der Waals surface area (Å²) in [5.74, 6) is -0.0335.